The molecule has 2 aromatic heterocycles. The molecule has 0 bridgehead atoms. The van der Waals surface area contributed by atoms with Crippen LogP contribution in [0.25, 0.3) is 11.3 Å². The highest BCUT2D eigenvalue weighted by Crippen LogP contribution is 2.19. The van der Waals surface area contributed by atoms with Crippen molar-refractivity contribution in [3.8, 4) is 11.3 Å². The van der Waals surface area contributed by atoms with E-state index in [2.05, 4.69) is 15.3 Å². The van der Waals surface area contributed by atoms with Crippen LogP contribution in [0.15, 0.2) is 47.5 Å². The van der Waals surface area contributed by atoms with Crippen molar-refractivity contribution in [3.05, 3.63) is 58.8 Å². The van der Waals surface area contributed by atoms with Gasteiger partial charge in [-0.2, -0.15) is 4.98 Å². The molecule has 0 aliphatic carbocycles. The van der Waals surface area contributed by atoms with Crippen molar-refractivity contribution >= 4 is 5.82 Å². The van der Waals surface area contributed by atoms with E-state index in [1.165, 1.54) is 4.57 Å². The minimum absolute atomic E-state index is 0.157. The summed E-state index contributed by atoms with van der Waals surface area (Å²) in [5.74, 6) is 0.157. The maximum atomic E-state index is 11.4. The molecule has 2 heterocycles. The molecule has 2 N–H and O–H groups in total. The Labute approximate surface area is 120 Å². The standard InChI is InChI=1S/C14H14N6O/c1-19-8-11(13(15)16-14(19)21)12-9-20(18-17-12)7-10-5-3-2-4-6-10/h2-6,8-9H,7H2,1H3,(H2,15,16,21). The van der Waals surface area contributed by atoms with Gasteiger partial charge in [0.2, 0.25) is 0 Å². The number of aromatic nitrogens is 5. The van der Waals surface area contributed by atoms with Crippen LogP contribution in [0.2, 0.25) is 0 Å². The van der Waals surface area contributed by atoms with Gasteiger partial charge in [-0.25, -0.2) is 9.48 Å². The fraction of sp³-hybridized carbons (Fsp3) is 0.143. The summed E-state index contributed by atoms with van der Waals surface area (Å²) in [7, 11) is 1.62. The molecule has 0 amide bonds. The topological polar surface area (TPSA) is 91.6 Å². The number of nitrogens with zero attached hydrogens (tertiary/aromatic N) is 5. The number of hydrogen-bond acceptors (Lipinski definition) is 5. The lowest BCUT2D eigenvalue weighted by Crippen LogP contribution is -2.21. The number of nitrogens with two attached hydrogens (primary N) is 1. The number of anilines is 1. The van der Waals surface area contributed by atoms with Gasteiger partial charge in [0, 0.05) is 13.2 Å². The van der Waals surface area contributed by atoms with E-state index in [1.807, 2.05) is 30.3 Å². The maximum Gasteiger partial charge on any atom is 0.349 e. The number of aryl methyl sites for hydroxylation is 1. The Morgan fingerprint density at radius 1 is 1.19 bits per heavy atom. The van der Waals surface area contributed by atoms with Crippen LogP contribution in [-0.2, 0) is 13.6 Å². The highest BCUT2D eigenvalue weighted by molar-refractivity contribution is 5.68. The van der Waals surface area contributed by atoms with Gasteiger partial charge in [0.05, 0.1) is 18.3 Å². The molecule has 7 heteroatoms. The van der Waals surface area contributed by atoms with Crippen LogP contribution in [0, 0.1) is 0 Å². The lowest BCUT2D eigenvalue weighted by atomic mass is 10.2. The first-order chi connectivity index (χ1) is 10.1. The second kappa shape index (κ2) is 5.20. The first-order valence-electron chi connectivity index (χ1n) is 6.41. The van der Waals surface area contributed by atoms with Crippen molar-refractivity contribution in [2.24, 2.45) is 7.05 Å². The Balaban J connectivity index is 1.92. The third-order valence-corrected chi connectivity index (χ3v) is 3.12. The minimum Gasteiger partial charge on any atom is -0.383 e. The highest BCUT2D eigenvalue weighted by atomic mass is 16.1. The fourth-order valence-corrected chi connectivity index (χ4v) is 2.02. The Morgan fingerprint density at radius 3 is 2.71 bits per heavy atom. The van der Waals surface area contributed by atoms with Crippen molar-refractivity contribution in [2.75, 3.05) is 5.73 Å². The molecule has 0 unspecified atom stereocenters. The van der Waals surface area contributed by atoms with Crippen molar-refractivity contribution in [2.45, 2.75) is 6.54 Å². The van der Waals surface area contributed by atoms with Crippen LogP contribution in [-0.4, -0.2) is 24.5 Å². The van der Waals surface area contributed by atoms with Crippen molar-refractivity contribution in [3.63, 3.8) is 0 Å². The fourth-order valence-electron chi connectivity index (χ4n) is 2.02. The van der Waals surface area contributed by atoms with Gasteiger partial charge in [-0.15, -0.1) is 5.10 Å². The number of nitrogen functional groups attached to an aromatic ring is 1. The molecule has 21 heavy (non-hydrogen) atoms. The van der Waals surface area contributed by atoms with Crippen molar-refractivity contribution < 1.29 is 0 Å². The monoisotopic (exact) mass is 282 g/mol. The lowest BCUT2D eigenvalue weighted by molar-refractivity contribution is 0.650. The van der Waals surface area contributed by atoms with Gasteiger partial charge in [-0.3, -0.25) is 0 Å². The van der Waals surface area contributed by atoms with Crippen LogP contribution in [0.1, 0.15) is 5.56 Å². The summed E-state index contributed by atoms with van der Waals surface area (Å²) in [6.45, 7) is 0.618. The molecule has 0 saturated carbocycles. The predicted octanol–water partition coefficient (Wildman–Crippen LogP) is 0.669. The molecule has 7 nitrogen and oxygen atoms in total. The van der Waals surface area contributed by atoms with Gasteiger partial charge >= 0.3 is 5.69 Å². The molecule has 0 spiro atoms. The lowest BCUT2D eigenvalue weighted by Gasteiger charge is -2.03. The Morgan fingerprint density at radius 2 is 1.95 bits per heavy atom. The molecule has 0 atom stereocenters. The van der Waals surface area contributed by atoms with E-state index in [4.69, 9.17) is 5.73 Å². The minimum atomic E-state index is -0.395. The summed E-state index contributed by atoms with van der Waals surface area (Å²) < 4.78 is 3.08. The van der Waals surface area contributed by atoms with E-state index < -0.39 is 5.69 Å². The summed E-state index contributed by atoms with van der Waals surface area (Å²) >= 11 is 0. The second-order valence-electron chi connectivity index (χ2n) is 4.72. The van der Waals surface area contributed by atoms with Gasteiger partial charge in [0.25, 0.3) is 0 Å². The molecule has 3 rings (SSSR count). The third-order valence-electron chi connectivity index (χ3n) is 3.12. The molecule has 1 aromatic carbocycles. The maximum absolute atomic E-state index is 11.4. The zero-order valence-electron chi connectivity index (χ0n) is 11.5. The van der Waals surface area contributed by atoms with Gasteiger partial charge in [0.1, 0.15) is 11.5 Å². The van der Waals surface area contributed by atoms with Crippen molar-refractivity contribution in [1.82, 2.24) is 24.5 Å². The van der Waals surface area contributed by atoms with E-state index in [1.54, 1.807) is 24.1 Å². The Hall–Kier alpha value is -2.96. The SMILES string of the molecule is Cn1cc(-c2cn(Cc3ccccc3)nn2)c(N)nc1=O. The quantitative estimate of drug-likeness (QED) is 0.762. The average Bonchev–Trinajstić information content (AvgIpc) is 2.92. The molecule has 3 aromatic rings. The second-order valence-corrected chi connectivity index (χ2v) is 4.72. The average molecular weight is 282 g/mol. The van der Waals surface area contributed by atoms with Crippen LogP contribution >= 0.6 is 0 Å². The molecular formula is C14H14N6O. The van der Waals surface area contributed by atoms with Gasteiger partial charge in [-0.1, -0.05) is 35.5 Å². The van der Waals surface area contributed by atoms with Gasteiger partial charge in [0.15, 0.2) is 0 Å². The van der Waals surface area contributed by atoms with E-state index in [-0.39, 0.29) is 5.82 Å². The molecule has 0 radical (unpaired) electrons. The molecule has 0 fully saturated rings. The normalized spacial score (nSPS) is 10.7. The number of benzene rings is 1. The van der Waals surface area contributed by atoms with Gasteiger partial charge in [-0.05, 0) is 5.56 Å². The molecule has 0 aliphatic rings. The summed E-state index contributed by atoms with van der Waals surface area (Å²) in [4.78, 5) is 15.2. The molecule has 106 valence electrons. The summed E-state index contributed by atoms with van der Waals surface area (Å²) in [6.07, 6.45) is 3.40. The van der Waals surface area contributed by atoms with E-state index in [0.717, 1.165) is 5.56 Å². The van der Waals surface area contributed by atoms with Crippen molar-refractivity contribution in [1.29, 1.82) is 0 Å². The summed E-state index contributed by atoms with van der Waals surface area (Å²) in [5, 5.41) is 8.17. The van der Waals surface area contributed by atoms with Gasteiger partial charge < -0.3 is 10.3 Å². The van der Waals surface area contributed by atoms with E-state index in [0.29, 0.717) is 17.8 Å². The smallest absolute Gasteiger partial charge is 0.349 e. The largest absolute Gasteiger partial charge is 0.383 e. The third kappa shape index (κ3) is 2.66. The Kier molecular flexibility index (Phi) is 3.23. The molecular weight excluding hydrogens is 268 g/mol. The molecule has 0 aliphatic heterocycles. The highest BCUT2D eigenvalue weighted by Gasteiger charge is 2.10. The number of rotatable bonds is 3. The Bertz CT molecular complexity index is 821. The number of hydrogen-bond donors (Lipinski definition) is 1. The van der Waals surface area contributed by atoms with Crippen LogP contribution < -0.4 is 11.4 Å². The first-order valence-corrected chi connectivity index (χ1v) is 6.41. The van der Waals surface area contributed by atoms with Crippen LogP contribution in [0.5, 0.6) is 0 Å². The van der Waals surface area contributed by atoms with Crippen LogP contribution in [0.4, 0.5) is 5.82 Å². The first kappa shape index (κ1) is 13.0. The van der Waals surface area contributed by atoms with E-state index >= 15 is 0 Å². The summed E-state index contributed by atoms with van der Waals surface area (Å²) in [5.41, 5.74) is 7.70. The molecule has 0 saturated heterocycles. The summed E-state index contributed by atoms with van der Waals surface area (Å²) in [6, 6.07) is 9.95. The van der Waals surface area contributed by atoms with Crippen LogP contribution in [0.3, 0.4) is 0 Å². The zero-order valence-corrected chi connectivity index (χ0v) is 11.5. The predicted molar refractivity (Wildman–Crippen MR) is 78.5 cm³/mol. The zero-order chi connectivity index (χ0) is 14.8. The van der Waals surface area contributed by atoms with E-state index in [9.17, 15) is 4.79 Å².